The standard InChI is InChI=1S/C35H48N15O14P3S2/c1-4-65(53,57-3)6-5-16-7-17(33(60-16)48-13-45-20-27(36)39-10-42-30(20)48)63-66(54,68)59-9-19-25(56-2)26(35(62-19)50-15-47-22-29(38)41-12-44-32(22)50)64-67(55,69)58-8-18-23(51)24(52)34(61-18)49-14-46-21-28(37)40-11-43-31(21)49/h10-19,23-26,33-35,51-52H,4-9H2,1-3H3,(H,54,68)(H,55,69)(H2,36,39,42)(H2,37,40,43)(H2,38,41,44). The van der Waals surface area contributed by atoms with E-state index in [4.69, 9.17) is 82.4 Å². The molecule has 3 aliphatic heterocycles. The summed E-state index contributed by atoms with van der Waals surface area (Å²) in [7, 11) is -0.177. The van der Waals surface area contributed by atoms with Gasteiger partial charge >= 0.3 is 13.4 Å². The molecule has 0 spiro atoms. The number of aromatic nitrogens is 12. The van der Waals surface area contributed by atoms with Crippen LogP contribution in [0.15, 0.2) is 38.0 Å². The fraction of sp³-hybridized carbons (Fsp3) is 0.571. The van der Waals surface area contributed by atoms with Gasteiger partial charge in [0.05, 0.1) is 38.3 Å². The maximum absolute atomic E-state index is 13.1. The minimum Gasteiger partial charge on any atom is -0.387 e. The van der Waals surface area contributed by atoms with Crippen molar-refractivity contribution in [2.24, 2.45) is 0 Å². The first kappa shape index (κ1) is 50.0. The second-order valence-corrected chi connectivity index (χ2v) is 24.7. The second kappa shape index (κ2) is 19.9. The van der Waals surface area contributed by atoms with Crippen molar-refractivity contribution in [3.63, 3.8) is 0 Å². The smallest absolute Gasteiger partial charge is 0.325 e. The van der Waals surface area contributed by atoms with Crippen molar-refractivity contribution in [3.8, 4) is 0 Å². The van der Waals surface area contributed by atoms with Gasteiger partial charge in [0.25, 0.3) is 0 Å². The van der Waals surface area contributed by atoms with Gasteiger partial charge in [-0.2, -0.15) is 0 Å². The van der Waals surface area contributed by atoms with E-state index in [0.29, 0.717) is 23.7 Å². The van der Waals surface area contributed by atoms with Gasteiger partial charge in [-0.1, -0.05) is 6.92 Å². The molecule has 14 unspecified atom stereocenters. The van der Waals surface area contributed by atoms with E-state index in [1.54, 1.807) is 11.5 Å². The molecule has 3 fully saturated rings. The van der Waals surface area contributed by atoms with E-state index >= 15 is 0 Å². The Labute approximate surface area is 400 Å². The van der Waals surface area contributed by atoms with Gasteiger partial charge in [-0.05, 0) is 30.0 Å². The Hall–Kier alpha value is -3.94. The van der Waals surface area contributed by atoms with Crippen LogP contribution >= 0.6 is 20.8 Å². The van der Waals surface area contributed by atoms with Gasteiger partial charge in [0, 0.05) is 33.0 Å². The summed E-state index contributed by atoms with van der Waals surface area (Å²) in [4.78, 5) is 60.9. The Morgan fingerprint density at radius 1 is 0.681 bits per heavy atom. The monoisotopic (exact) mass is 1060 g/mol. The SMILES string of the molecule is CCP(=O)(CCC1CC(OP(O)(=S)OCC2OC(n3cnc4c(N)ncnc43)C(OP(O)(=S)OCC3OC(n4cnc5c(N)ncnc54)C(O)C3O)C2OC)C(n2cnc3c(N)ncnc32)O1)OC. The third-order valence-electron chi connectivity index (χ3n) is 12.0. The number of anilines is 3. The van der Waals surface area contributed by atoms with Crippen molar-refractivity contribution < 1.29 is 66.1 Å². The molecule has 9 rings (SSSR count). The van der Waals surface area contributed by atoms with Crippen LogP contribution in [0.2, 0.25) is 0 Å². The van der Waals surface area contributed by atoms with E-state index in [2.05, 4.69) is 44.9 Å². The van der Waals surface area contributed by atoms with Crippen LogP contribution < -0.4 is 17.2 Å². The van der Waals surface area contributed by atoms with Crippen molar-refractivity contribution in [2.75, 3.05) is 57.0 Å². The molecule has 6 aromatic rings. The molecule has 0 saturated carbocycles. The van der Waals surface area contributed by atoms with Gasteiger partial charge in [0.15, 0.2) is 53.1 Å². The molecule has 3 aliphatic rings. The maximum Gasteiger partial charge on any atom is 0.325 e. The number of fused-ring (bicyclic) bond motifs is 3. The van der Waals surface area contributed by atoms with E-state index < -0.39 is 102 Å². The summed E-state index contributed by atoms with van der Waals surface area (Å²) in [5, 5.41) is 22.0. The Bertz CT molecular complexity index is 2970. The number of methoxy groups -OCH3 is 1. The number of nitrogens with zero attached hydrogens (tertiary/aromatic N) is 12. The minimum absolute atomic E-state index is 0.0652. The lowest BCUT2D eigenvalue weighted by Gasteiger charge is -2.28. The zero-order chi connectivity index (χ0) is 49.0. The molecule has 0 aromatic carbocycles. The van der Waals surface area contributed by atoms with Crippen molar-refractivity contribution in [1.82, 2.24) is 58.6 Å². The van der Waals surface area contributed by atoms with Crippen molar-refractivity contribution >= 4 is 95.4 Å². The fourth-order valence-electron chi connectivity index (χ4n) is 8.41. The molecule has 374 valence electrons. The number of nitrogens with two attached hydrogens (primary N) is 3. The van der Waals surface area contributed by atoms with E-state index in [0.717, 1.165) is 0 Å². The van der Waals surface area contributed by atoms with Crippen LogP contribution in [0.1, 0.15) is 38.4 Å². The molecular formula is C35H48N15O14P3S2. The van der Waals surface area contributed by atoms with Gasteiger partial charge in [-0.15, -0.1) is 0 Å². The number of hydrogen-bond donors (Lipinski definition) is 7. The summed E-state index contributed by atoms with van der Waals surface area (Å²) < 4.78 is 71.7. The van der Waals surface area contributed by atoms with Gasteiger partial charge in [-0.25, -0.2) is 44.9 Å². The molecule has 69 heavy (non-hydrogen) atoms. The summed E-state index contributed by atoms with van der Waals surface area (Å²) in [6, 6.07) is 0. The van der Waals surface area contributed by atoms with Crippen LogP contribution in [-0.2, 0) is 69.7 Å². The highest BCUT2D eigenvalue weighted by Gasteiger charge is 2.52. The predicted molar refractivity (Wildman–Crippen MR) is 248 cm³/mol. The van der Waals surface area contributed by atoms with Crippen LogP contribution in [-0.4, -0.2) is 167 Å². The molecule has 6 aromatic heterocycles. The van der Waals surface area contributed by atoms with Crippen LogP contribution in [0, 0.1) is 0 Å². The molecule has 0 amide bonds. The van der Waals surface area contributed by atoms with Gasteiger partial charge in [0.1, 0.15) is 78.3 Å². The molecule has 29 nitrogen and oxygen atoms in total. The summed E-state index contributed by atoms with van der Waals surface area (Å²) in [6.45, 7) is -7.78. The van der Waals surface area contributed by atoms with Gasteiger partial charge in [0.2, 0.25) is 7.37 Å². The largest absolute Gasteiger partial charge is 0.387 e. The zero-order valence-electron chi connectivity index (χ0n) is 36.7. The average molecular weight is 1060 g/mol. The number of aliphatic hydroxyl groups is 2. The second-order valence-electron chi connectivity index (χ2n) is 16.0. The molecular weight excluding hydrogens is 1010 g/mol. The topological polar surface area (TPSA) is 390 Å². The minimum atomic E-state index is -4.34. The van der Waals surface area contributed by atoms with E-state index in [1.807, 2.05) is 0 Å². The number of ether oxygens (including phenoxy) is 4. The van der Waals surface area contributed by atoms with Crippen LogP contribution in [0.4, 0.5) is 17.5 Å². The van der Waals surface area contributed by atoms with Crippen LogP contribution in [0.3, 0.4) is 0 Å². The molecule has 9 heterocycles. The molecule has 0 bridgehead atoms. The van der Waals surface area contributed by atoms with E-state index in [-0.39, 0.29) is 52.4 Å². The Morgan fingerprint density at radius 3 is 1.70 bits per heavy atom. The molecule has 34 heteroatoms. The van der Waals surface area contributed by atoms with E-state index in [9.17, 15) is 24.6 Å². The molecule has 3 saturated heterocycles. The summed E-state index contributed by atoms with van der Waals surface area (Å²) in [5.74, 6) is 0.299. The first-order valence-corrected chi connectivity index (χ1v) is 28.2. The van der Waals surface area contributed by atoms with Gasteiger partial charge in [-0.3, -0.25) is 22.8 Å². The zero-order valence-corrected chi connectivity index (χ0v) is 41.0. The van der Waals surface area contributed by atoms with Crippen LogP contribution in [0.5, 0.6) is 0 Å². The summed E-state index contributed by atoms with van der Waals surface area (Å²) >= 11 is 11.1. The first-order valence-electron chi connectivity index (χ1n) is 21.0. The summed E-state index contributed by atoms with van der Waals surface area (Å²) in [6.07, 6.45) is -3.75. The fourth-order valence-corrected chi connectivity index (χ4v) is 12.7. The van der Waals surface area contributed by atoms with Gasteiger partial charge < -0.3 is 74.2 Å². The maximum atomic E-state index is 13.1. The molecule has 10 N–H and O–H groups in total. The average Bonchev–Trinajstić information content (AvgIpc) is 4.19. The third kappa shape index (κ3) is 10.0. The Balaban J connectivity index is 0.922. The van der Waals surface area contributed by atoms with E-state index in [1.165, 1.54) is 61.3 Å². The molecule has 0 aliphatic carbocycles. The molecule has 14 atom stereocenters. The highest BCUT2D eigenvalue weighted by atomic mass is 32.5. The molecule has 0 radical (unpaired) electrons. The normalized spacial score (nSPS) is 30.0. The predicted octanol–water partition coefficient (Wildman–Crippen LogP) is 0.644. The third-order valence-corrected chi connectivity index (χ3v) is 17.7. The number of hydrogen-bond acceptors (Lipinski definition) is 26. The number of rotatable bonds is 19. The number of imidazole rings is 3. The highest BCUT2D eigenvalue weighted by molar-refractivity contribution is 8.07. The quantitative estimate of drug-likeness (QED) is 0.0547. The Morgan fingerprint density at radius 2 is 1.17 bits per heavy atom. The van der Waals surface area contributed by atoms with Crippen molar-refractivity contribution in [1.29, 1.82) is 0 Å². The lowest BCUT2D eigenvalue weighted by atomic mass is 10.1. The first-order chi connectivity index (χ1) is 32.9. The lowest BCUT2D eigenvalue weighted by molar-refractivity contribution is -0.0583. The number of nitrogen functional groups attached to an aromatic ring is 3. The summed E-state index contributed by atoms with van der Waals surface area (Å²) in [5.41, 5.74) is 19.7. The highest BCUT2D eigenvalue weighted by Crippen LogP contribution is 2.54. The van der Waals surface area contributed by atoms with Crippen molar-refractivity contribution in [2.45, 2.75) is 87.3 Å². The van der Waals surface area contributed by atoms with Crippen LogP contribution in [0.25, 0.3) is 33.5 Å². The Kier molecular flexibility index (Phi) is 14.4. The number of aliphatic hydroxyl groups excluding tert-OH is 2. The lowest BCUT2D eigenvalue weighted by Crippen LogP contribution is -2.37. The van der Waals surface area contributed by atoms with Crippen molar-refractivity contribution in [3.05, 3.63) is 38.0 Å².